The van der Waals surface area contributed by atoms with Crippen molar-refractivity contribution < 1.29 is 13.6 Å². The first-order chi connectivity index (χ1) is 15.1. The summed E-state index contributed by atoms with van der Waals surface area (Å²) in [7, 11) is 0. The highest BCUT2D eigenvalue weighted by Crippen LogP contribution is 2.55. The van der Waals surface area contributed by atoms with Gasteiger partial charge in [-0.05, 0) is 80.4 Å². The molecule has 1 saturated heterocycles. The Kier molecular flexibility index (Phi) is 5.56. The standard InChI is InChI=1S/C24H25F2N3OS/c25-18-8-9-21(26)19(14-18)23-28-29(22(30)10-7-16-4-3-13-27-15-16)24(31-23)12-11-17-5-1-2-6-20(17)24/h1-2,5-6,8-9,14,16,27H,3-4,7,10-13,15H2. The molecule has 3 aliphatic rings. The number of carbonyl (C=O) groups is 1. The average molecular weight is 442 g/mol. The third-order valence-corrected chi connectivity index (χ3v) is 7.96. The maximum Gasteiger partial charge on any atom is 0.244 e. The van der Waals surface area contributed by atoms with E-state index in [1.54, 1.807) is 5.01 Å². The van der Waals surface area contributed by atoms with Gasteiger partial charge in [0.25, 0.3) is 0 Å². The van der Waals surface area contributed by atoms with Crippen LogP contribution in [0.25, 0.3) is 0 Å². The first-order valence-electron chi connectivity index (χ1n) is 10.9. The summed E-state index contributed by atoms with van der Waals surface area (Å²) in [5.74, 6) is -0.614. The molecule has 162 valence electrons. The number of hydrogen-bond donors (Lipinski definition) is 1. The van der Waals surface area contributed by atoms with Crippen molar-refractivity contribution in [1.82, 2.24) is 10.3 Å². The molecule has 0 saturated carbocycles. The van der Waals surface area contributed by atoms with Gasteiger partial charge in [-0.2, -0.15) is 5.10 Å². The van der Waals surface area contributed by atoms with E-state index >= 15 is 0 Å². The minimum absolute atomic E-state index is 0.0541. The Labute approximate surface area is 185 Å². The Morgan fingerprint density at radius 3 is 2.97 bits per heavy atom. The zero-order valence-electron chi connectivity index (χ0n) is 17.2. The van der Waals surface area contributed by atoms with Crippen LogP contribution in [0.2, 0.25) is 0 Å². The molecule has 1 amide bonds. The molecule has 0 bridgehead atoms. The molecule has 1 aliphatic carbocycles. The third kappa shape index (κ3) is 3.78. The van der Waals surface area contributed by atoms with Gasteiger partial charge in [-0.15, -0.1) is 0 Å². The summed E-state index contributed by atoms with van der Waals surface area (Å²) < 4.78 is 28.4. The summed E-state index contributed by atoms with van der Waals surface area (Å²) in [5, 5.41) is 9.93. The summed E-state index contributed by atoms with van der Waals surface area (Å²) in [6.07, 6.45) is 5.01. The second-order valence-corrected chi connectivity index (χ2v) is 9.80. The maximum atomic E-state index is 14.5. The molecule has 2 unspecified atom stereocenters. The number of nitrogens with zero attached hydrogens (tertiary/aromatic N) is 2. The van der Waals surface area contributed by atoms with E-state index < -0.39 is 16.5 Å². The number of amides is 1. The number of hydrogen-bond acceptors (Lipinski definition) is 4. The van der Waals surface area contributed by atoms with E-state index in [1.165, 1.54) is 17.3 Å². The molecular formula is C24H25F2N3OS. The van der Waals surface area contributed by atoms with E-state index in [2.05, 4.69) is 16.5 Å². The SMILES string of the molecule is O=C(CCC1CCCNC1)N1N=C(c2cc(F)ccc2F)SC12CCc1ccccc12. The van der Waals surface area contributed by atoms with Gasteiger partial charge in [0.05, 0.1) is 0 Å². The molecule has 2 heterocycles. The van der Waals surface area contributed by atoms with Gasteiger partial charge in [0, 0.05) is 12.0 Å². The fourth-order valence-electron chi connectivity index (χ4n) is 4.91. The zero-order chi connectivity index (χ0) is 21.4. The number of fused-ring (bicyclic) bond motifs is 2. The van der Waals surface area contributed by atoms with Gasteiger partial charge in [0.2, 0.25) is 5.91 Å². The van der Waals surface area contributed by atoms with Crippen molar-refractivity contribution in [3.63, 3.8) is 0 Å². The van der Waals surface area contributed by atoms with Crippen LogP contribution in [0.5, 0.6) is 0 Å². The minimum atomic E-state index is -0.688. The van der Waals surface area contributed by atoms with Crippen LogP contribution in [0.1, 0.15) is 48.8 Å². The number of hydrazone groups is 1. The van der Waals surface area contributed by atoms with Crippen LogP contribution in [0.3, 0.4) is 0 Å². The third-order valence-electron chi connectivity index (χ3n) is 6.53. The molecule has 7 heteroatoms. The smallest absolute Gasteiger partial charge is 0.244 e. The van der Waals surface area contributed by atoms with E-state index in [0.717, 1.165) is 62.5 Å². The molecule has 2 aromatic carbocycles. The largest absolute Gasteiger partial charge is 0.316 e. The number of rotatable bonds is 4. The van der Waals surface area contributed by atoms with Gasteiger partial charge in [-0.1, -0.05) is 36.0 Å². The Morgan fingerprint density at radius 2 is 2.13 bits per heavy atom. The number of nitrogens with one attached hydrogen (secondary N) is 1. The van der Waals surface area contributed by atoms with Crippen molar-refractivity contribution in [2.24, 2.45) is 11.0 Å². The molecule has 1 N–H and O–H groups in total. The summed E-state index contributed by atoms with van der Waals surface area (Å²) in [6.45, 7) is 1.99. The summed E-state index contributed by atoms with van der Waals surface area (Å²) in [6, 6.07) is 11.4. The second-order valence-electron chi connectivity index (χ2n) is 8.53. The Bertz CT molecular complexity index is 1040. The van der Waals surface area contributed by atoms with Gasteiger partial charge in [-0.25, -0.2) is 13.8 Å². The highest BCUT2D eigenvalue weighted by atomic mass is 32.2. The Morgan fingerprint density at radius 1 is 1.26 bits per heavy atom. The predicted octanol–water partition coefficient (Wildman–Crippen LogP) is 4.78. The average Bonchev–Trinajstić information content (AvgIpc) is 3.37. The number of benzene rings is 2. The molecule has 1 spiro atoms. The fraction of sp³-hybridized carbons (Fsp3) is 0.417. The van der Waals surface area contributed by atoms with Gasteiger partial charge >= 0.3 is 0 Å². The molecular weight excluding hydrogens is 416 g/mol. The van der Waals surface area contributed by atoms with Crippen LogP contribution < -0.4 is 5.32 Å². The van der Waals surface area contributed by atoms with E-state index in [0.29, 0.717) is 23.8 Å². The fourth-order valence-corrected chi connectivity index (χ4v) is 6.36. The molecule has 31 heavy (non-hydrogen) atoms. The number of carbonyl (C=O) groups excluding carboxylic acids is 1. The van der Waals surface area contributed by atoms with Crippen LogP contribution in [0.15, 0.2) is 47.6 Å². The van der Waals surface area contributed by atoms with E-state index in [-0.39, 0.29) is 11.5 Å². The lowest BCUT2D eigenvalue weighted by molar-refractivity contribution is -0.135. The first-order valence-corrected chi connectivity index (χ1v) is 11.7. The molecule has 0 aromatic heterocycles. The first kappa shape index (κ1) is 20.6. The zero-order valence-corrected chi connectivity index (χ0v) is 18.1. The molecule has 2 aromatic rings. The summed E-state index contributed by atoms with van der Waals surface area (Å²) in [5.41, 5.74) is 2.34. The topological polar surface area (TPSA) is 44.7 Å². The number of piperidine rings is 1. The monoisotopic (exact) mass is 441 g/mol. The summed E-state index contributed by atoms with van der Waals surface area (Å²) in [4.78, 5) is 12.7. The van der Waals surface area contributed by atoms with Crippen molar-refractivity contribution in [3.8, 4) is 0 Å². The van der Waals surface area contributed by atoms with Crippen molar-refractivity contribution in [1.29, 1.82) is 0 Å². The van der Waals surface area contributed by atoms with Crippen LogP contribution in [0, 0.1) is 17.6 Å². The van der Waals surface area contributed by atoms with Crippen molar-refractivity contribution >= 4 is 22.7 Å². The van der Waals surface area contributed by atoms with Gasteiger partial charge in [-0.3, -0.25) is 4.79 Å². The van der Waals surface area contributed by atoms with Crippen LogP contribution in [-0.4, -0.2) is 29.0 Å². The van der Waals surface area contributed by atoms with E-state index in [9.17, 15) is 13.6 Å². The van der Waals surface area contributed by atoms with Crippen molar-refractivity contribution in [2.75, 3.05) is 13.1 Å². The Balaban J connectivity index is 1.47. The molecule has 2 atom stereocenters. The van der Waals surface area contributed by atoms with Crippen molar-refractivity contribution in [2.45, 2.75) is 43.4 Å². The predicted molar refractivity (Wildman–Crippen MR) is 119 cm³/mol. The van der Waals surface area contributed by atoms with Crippen LogP contribution in [0.4, 0.5) is 8.78 Å². The summed E-state index contributed by atoms with van der Waals surface area (Å²) >= 11 is 1.37. The maximum absolute atomic E-state index is 14.5. The molecule has 5 rings (SSSR count). The normalized spacial score (nSPS) is 25.0. The van der Waals surface area contributed by atoms with Crippen LogP contribution >= 0.6 is 11.8 Å². The second kappa shape index (κ2) is 8.36. The van der Waals surface area contributed by atoms with Crippen LogP contribution in [-0.2, 0) is 16.1 Å². The Hall–Kier alpha value is -2.25. The molecule has 1 fully saturated rings. The molecule has 0 radical (unpaired) electrons. The molecule has 4 nitrogen and oxygen atoms in total. The van der Waals surface area contributed by atoms with Gasteiger partial charge in [0.1, 0.15) is 21.5 Å². The minimum Gasteiger partial charge on any atom is -0.316 e. The molecule has 2 aliphatic heterocycles. The number of aryl methyl sites for hydroxylation is 1. The lowest BCUT2D eigenvalue weighted by Crippen LogP contribution is -2.40. The lowest BCUT2D eigenvalue weighted by Gasteiger charge is -2.33. The lowest BCUT2D eigenvalue weighted by atomic mass is 9.94. The highest BCUT2D eigenvalue weighted by Gasteiger charge is 2.52. The van der Waals surface area contributed by atoms with Gasteiger partial charge < -0.3 is 5.32 Å². The van der Waals surface area contributed by atoms with Crippen molar-refractivity contribution in [3.05, 3.63) is 70.8 Å². The highest BCUT2D eigenvalue weighted by molar-refractivity contribution is 8.15. The number of halogens is 2. The quantitative estimate of drug-likeness (QED) is 0.743. The van der Waals surface area contributed by atoms with E-state index in [4.69, 9.17) is 0 Å². The number of thioether (sulfide) groups is 1. The van der Waals surface area contributed by atoms with Gasteiger partial charge in [0.15, 0.2) is 0 Å². The van der Waals surface area contributed by atoms with E-state index in [1.807, 2.05) is 18.2 Å².